The number of aryl methyl sites for hydroxylation is 3. The van der Waals surface area contributed by atoms with E-state index in [-0.39, 0.29) is 37.3 Å². The van der Waals surface area contributed by atoms with Crippen LogP contribution in [0.3, 0.4) is 0 Å². The highest BCUT2D eigenvalue weighted by molar-refractivity contribution is 7.22. The molecule has 13 aromatic rings. The first kappa shape index (κ1) is 97.5. The van der Waals surface area contributed by atoms with Crippen molar-refractivity contribution in [1.82, 2.24) is 16.1 Å². The van der Waals surface area contributed by atoms with Crippen molar-refractivity contribution in [3.05, 3.63) is 337 Å². The number of phenols is 1. The van der Waals surface area contributed by atoms with Gasteiger partial charge in [0, 0.05) is 66.6 Å². The van der Waals surface area contributed by atoms with Gasteiger partial charge < -0.3 is 70.8 Å². The Hall–Kier alpha value is -15.0. The summed E-state index contributed by atoms with van der Waals surface area (Å²) in [4.78, 5) is 77.9. The zero-order chi connectivity index (χ0) is 89.8. The number of phenolic OH excluding ortho intramolecular Hbond substituents is 1. The van der Waals surface area contributed by atoms with Crippen LogP contribution in [-0.2, 0) is 47.9 Å². The second-order valence-electron chi connectivity index (χ2n) is 27.7. The number of aromatic nitrogens is 2. The number of carbonyl (C=O) groups is 6. The van der Waals surface area contributed by atoms with E-state index in [0.29, 0.717) is 106 Å². The molecular weight excluding hydrogens is 1650 g/mol. The number of carbonyl (C=O) groups excluding carboxylic acids is 5. The van der Waals surface area contributed by atoms with Gasteiger partial charge in [-0.2, -0.15) is 5.10 Å². The van der Waals surface area contributed by atoms with Crippen LogP contribution in [0.1, 0.15) is 124 Å². The number of carboxylic acid groups (broad SMARTS) is 1. The smallest absolute Gasteiger partial charge is 0.343 e. The molecular formula is C101H102N8O16S2. The number of hydrogen-bond donors (Lipinski definition) is 7. The molecule has 2 aromatic heterocycles. The predicted molar refractivity (Wildman–Crippen MR) is 505 cm³/mol. The molecule has 0 fully saturated rings. The maximum atomic E-state index is 13.1. The standard InChI is InChI=1S/C36H33N3O5S.C29H29NO5.C16H17NO.C13H14O5.C7H6N2S.H3N/c1-3-8-25-11-13-26(14-12-25)28-17-20-32(29(23-28)24-37-39-36-38-31-9-5-6-10-33(31)45-36)44-35(41)27-15-18-30(19-16-27)42-21-7-22-43-34(40)4-2;1-3-6-21-7-9-22(10-8-21)24-13-16-27(25(19-24)20-30)35-29(32)23-11-14-26(15-12-23)33-17-5-18-34-28(31)4-2;1-2-3-12-4-6-13(7-5-12)14-8-9-16(18)15(10-14)11-17;1-2-12(14)18-9-3-8-17-11-6-4-10(5-7-11)13(15)16;8-7-9-5-3-1-2-4-6(5)10-7;/h4-6,9-20,23-24H,2-3,7-8,21-22H2,1H3,(H,38,39);4,7-16,19-20,30H,2-3,5-6,17-18H2,1H3;4-11,17-18H,2-3H2,1H3;2,4-7H,1,3,8-9H2,(H,15,16);1-4H,(H2,8,9);1H3/b37-24+;;;;;. The Kier molecular flexibility index (Phi) is 40.3. The SMILES string of the molecule is C=CC(=O)OCCCOc1ccc(C(=O)O)cc1.C=CC(=O)OCCCOc1ccc(C(=O)Oc2ccc(-c3ccc(CCC)cc3)cc2/C=N/Nc2nc3ccccc3s2)cc1.C=CC(=O)OCCCOc1ccc(C(=O)Oc2ccc(-c3ccc(CCC)cc3)cc2C=N)cc1.CCCc1ccc(-c2ccc(O)c(C=N)c2)cc1.N.Nc1nc2ccccc2s1. The van der Waals surface area contributed by atoms with Gasteiger partial charge in [0.1, 0.15) is 34.5 Å². The number of nitrogens with zero attached hydrogens (tertiary/aromatic N) is 3. The molecule has 0 aliphatic rings. The zero-order valence-corrected chi connectivity index (χ0v) is 72.5. The number of aromatic hydroxyl groups is 1. The maximum absolute atomic E-state index is 13.1. The number of rotatable bonds is 37. The average Bonchev–Trinajstić information content (AvgIpc) is 1.82. The van der Waals surface area contributed by atoms with E-state index in [1.165, 1.54) is 63.9 Å². The number of hydrogen-bond acceptors (Lipinski definition) is 25. The largest absolute Gasteiger partial charge is 0.507 e. The van der Waals surface area contributed by atoms with Gasteiger partial charge in [-0.05, 0) is 203 Å². The molecule has 10 N–H and O–H groups in total. The summed E-state index contributed by atoms with van der Waals surface area (Å²) in [6.07, 6.45) is 15.5. The number of ether oxygens (including phenoxy) is 8. The minimum atomic E-state index is -0.974. The summed E-state index contributed by atoms with van der Waals surface area (Å²) in [7, 11) is 0. The van der Waals surface area contributed by atoms with Crippen molar-refractivity contribution in [2.45, 2.75) is 78.6 Å². The number of fused-ring (bicyclic) bond motifs is 2. The van der Waals surface area contributed by atoms with E-state index >= 15 is 0 Å². The molecule has 0 saturated heterocycles. The molecule has 0 aliphatic carbocycles. The fraction of sp³-hybridized carbons (Fsp3) is 0.178. The number of carboxylic acids is 1. The van der Waals surface area contributed by atoms with Crippen LogP contribution in [0, 0.1) is 10.8 Å². The monoisotopic (exact) mass is 1750 g/mol. The Balaban J connectivity index is 0.000000213. The fourth-order valence-electron chi connectivity index (χ4n) is 12.0. The molecule has 11 aromatic carbocycles. The molecule has 0 bridgehead atoms. The molecule has 0 aliphatic heterocycles. The molecule has 0 atom stereocenters. The molecule has 2 heterocycles. The van der Waals surface area contributed by atoms with Crippen LogP contribution in [0.25, 0.3) is 53.8 Å². The van der Waals surface area contributed by atoms with Crippen LogP contribution < -0.4 is 41.0 Å². The van der Waals surface area contributed by atoms with Crippen molar-refractivity contribution >= 4 is 108 Å². The van der Waals surface area contributed by atoms with E-state index in [0.717, 1.165) is 111 Å². The highest BCUT2D eigenvalue weighted by Gasteiger charge is 2.17. The van der Waals surface area contributed by atoms with E-state index in [2.05, 4.69) is 134 Å². The van der Waals surface area contributed by atoms with Crippen LogP contribution in [0.15, 0.2) is 292 Å². The first-order valence-corrected chi connectivity index (χ1v) is 42.3. The number of para-hydroxylation sites is 2. The first-order chi connectivity index (χ1) is 61.3. The third-order valence-corrected chi connectivity index (χ3v) is 20.2. The summed E-state index contributed by atoms with van der Waals surface area (Å²) >= 11 is 3.02. The second kappa shape index (κ2) is 52.5. The molecule has 0 amide bonds. The fourth-order valence-corrected chi connectivity index (χ4v) is 13.5. The van der Waals surface area contributed by atoms with Crippen LogP contribution in [0.2, 0.25) is 0 Å². The van der Waals surface area contributed by atoms with Crippen molar-refractivity contribution in [2.24, 2.45) is 5.10 Å². The highest BCUT2D eigenvalue weighted by atomic mass is 32.1. The molecule has 127 heavy (non-hydrogen) atoms. The van der Waals surface area contributed by atoms with Gasteiger partial charge in [0.05, 0.1) is 83.0 Å². The number of esters is 5. The Labute approximate surface area is 746 Å². The number of nitrogen functional groups attached to an aromatic ring is 1. The van der Waals surface area contributed by atoms with Gasteiger partial charge in [0.25, 0.3) is 0 Å². The van der Waals surface area contributed by atoms with Crippen LogP contribution in [0.5, 0.6) is 34.5 Å². The summed E-state index contributed by atoms with van der Waals surface area (Å²) in [5.41, 5.74) is 23.1. The minimum Gasteiger partial charge on any atom is -0.507 e. The van der Waals surface area contributed by atoms with E-state index in [4.69, 9.17) is 59.6 Å². The Morgan fingerprint density at radius 1 is 0.433 bits per heavy atom. The number of nitrogens with one attached hydrogen (secondary N) is 3. The number of nitrogens with two attached hydrogens (primary N) is 1. The zero-order valence-electron chi connectivity index (χ0n) is 70.9. The lowest BCUT2D eigenvalue weighted by Crippen LogP contribution is -2.10. The van der Waals surface area contributed by atoms with E-state index in [1.54, 1.807) is 85.1 Å². The van der Waals surface area contributed by atoms with Crippen molar-refractivity contribution in [3.63, 3.8) is 0 Å². The third-order valence-electron chi connectivity index (χ3n) is 18.4. The quantitative estimate of drug-likeness (QED) is 0.00362. The van der Waals surface area contributed by atoms with Gasteiger partial charge in [-0.15, -0.1) is 0 Å². The summed E-state index contributed by atoms with van der Waals surface area (Å²) in [5.74, 6) is -0.791. The lowest BCUT2D eigenvalue weighted by atomic mass is 10.0. The van der Waals surface area contributed by atoms with Gasteiger partial charge in [-0.25, -0.2) is 38.7 Å². The number of hydrazone groups is 1. The Morgan fingerprint density at radius 2 is 0.787 bits per heavy atom. The van der Waals surface area contributed by atoms with Crippen LogP contribution in [0.4, 0.5) is 10.3 Å². The van der Waals surface area contributed by atoms with Gasteiger partial charge in [0.15, 0.2) is 5.13 Å². The summed E-state index contributed by atoms with van der Waals surface area (Å²) in [5, 5.41) is 39.0. The predicted octanol–water partition coefficient (Wildman–Crippen LogP) is 22.0. The lowest BCUT2D eigenvalue weighted by Gasteiger charge is -2.11. The van der Waals surface area contributed by atoms with Gasteiger partial charge >= 0.3 is 35.8 Å². The second-order valence-corrected chi connectivity index (χ2v) is 29.8. The highest BCUT2D eigenvalue weighted by Crippen LogP contribution is 2.33. The molecule has 0 saturated carbocycles. The first-order valence-electron chi connectivity index (χ1n) is 40.7. The van der Waals surface area contributed by atoms with Gasteiger partial charge in [-0.3, -0.25) is 5.43 Å². The molecule has 0 radical (unpaired) electrons. The van der Waals surface area contributed by atoms with E-state index < -0.39 is 35.8 Å². The van der Waals surface area contributed by atoms with Crippen molar-refractivity contribution in [1.29, 1.82) is 10.8 Å². The minimum absolute atomic E-state index is 0. The summed E-state index contributed by atoms with van der Waals surface area (Å²) in [6.45, 7) is 18.3. The van der Waals surface area contributed by atoms with Crippen LogP contribution >= 0.6 is 22.7 Å². The number of aromatic carboxylic acids is 1. The van der Waals surface area contributed by atoms with Crippen molar-refractivity contribution < 1.29 is 76.9 Å². The van der Waals surface area contributed by atoms with Crippen molar-refractivity contribution in [3.8, 4) is 67.9 Å². The number of benzene rings is 11. The average molecular weight is 1750 g/mol. The van der Waals surface area contributed by atoms with Gasteiger partial charge in [-0.1, -0.05) is 198 Å². The van der Waals surface area contributed by atoms with Gasteiger partial charge in [0.2, 0.25) is 5.13 Å². The molecule has 654 valence electrons. The lowest BCUT2D eigenvalue weighted by molar-refractivity contribution is -0.138. The number of thiazole rings is 2. The molecule has 26 heteroatoms. The Morgan fingerprint density at radius 3 is 1.17 bits per heavy atom. The maximum Gasteiger partial charge on any atom is 0.343 e. The summed E-state index contributed by atoms with van der Waals surface area (Å²) in [6, 6.07) is 76.9. The Bertz CT molecular complexity index is 5760. The molecule has 24 nitrogen and oxygen atoms in total. The van der Waals surface area contributed by atoms with E-state index in [9.17, 15) is 33.9 Å². The van der Waals surface area contributed by atoms with Crippen LogP contribution in [-0.4, -0.2) is 114 Å². The molecule has 0 spiro atoms. The topological polar surface area (TPSA) is 376 Å². The molecule has 0 unspecified atom stereocenters. The van der Waals surface area contributed by atoms with Crippen molar-refractivity contribution in [2.75, 3.05) is 50.8 Å². The van der Waals surface area contributed by atoms with E-state index in [1.807, 2.05) is 84.9 Å². The normalized spacial score (nSPS) is 10.4. The third kappa shape index (κ3) is 32.0. The number of anilines is 2. The summed E-state index contributed by atoms with van der Waals surface area (Å²) < 4.78 is 44.8. The molecule has 13 rings (SSSR count).